The molecule has 1 rings (SSSR count). The van der Waals surface area contributed by atoms with Crippen LogP contribution >= 0.6 is 0 Å². The molecule has 1 aromatic carbocycles. The largest absolute Gasteiger partial charge is 0.459 e. The first-order chi connectivity index (χ1) is 9.67. The smallest absolute Gasteiger partial charge is 0.397 e. The second-order valence-electron chi connectivity index (χ2n) is 4.70. The van der Waals surface area contributed by atoms with E-state index in [0.29, 0.717) is 12.3 Å². The van der Waals surface area contributed by atoms with Crippen LogP contribution in [0.4, 0.5) is 5.69 Å². The quantitative estimate of drug-likeness (QED) is 0.472. The molecule has 0 saturated heterocycles. The molecule has 0 radical (unpaired) electrons. The molecule has 0 saturated carbocycles. The Kier molecular flexibility index (Phi) is 7.40. The van der Waals surface area contributed by atoms with E-state index in [9.17, 15) is 9.59 Å². The number of benzene rings is 1. The molecule has 0 fully saturated rings. The van der Waals surface area contributed by atoms with Crippen LogP contribution in [0.2, 0.25) is 0 Å². The number of carbonyl (C=O) groups excluding carboxylic acids is 2. The van der Waals surface area contributed by atoms with Crippen LogP contribution in [-0.2, 0) is 20.7 Å². The van der Waals surface area contributed by atoms with Gasteiger partial charge in [0.05, 0.1) is 6.61 Å². The molecule has 4 heteroatoms. The number of esters is 1. The highest BCUT2D eigenvalue weighted by molar-refractivity contribution is 6.37. The average molecular weight is 277 g/mol. The van der Waals surface area contributed by atoms with Gasteiger partial charge in [0.1, 0.15) is 0 Å². The normalized spacial score (nSPS) is 10.1. The van der Waals surface area contributed by atoms with Crippen LogP contribution in [0.15, 0.2) is 24.3 Å². The Morgan fingerprint density at radius 1 is 1.05 bits per heavy atom. The Morgan fingerprint density at radius 2 is 1.75 bits per heavy atom. The van der Waals surface area contributed by atoms with Crippen molar-refractivity contribution in [3.8, 4) is 0 Å². The molecule has 20 heavy (non-hydrogen) atoms. The molecule has 0 aliphatic heterocycles. The molecule has 0 aromatic heterocycles. The maximum Gasteiger partial charge on any atom is 0.397 e. The van der Waals surface area contributed by atoms with Gasteiger partial charge in [-0.15, -0.1) is 0 Å². The fraction of sp³-hybridized carbons (Fsp3) is 0.500. The second kappa shape index (κ2) is 9.13. The van der Waals surface area contributed by atoms with E-state index in [1.807, 2.05) is 12.1 Å². The highest BCUT2D eigenvalue weighted by atomic mass is 16.5. The molecular formula is C16H23NO3. The van der Waals surface area contributed by atoms with Crippen molar-refractivity contribution in [3.63, 3.8) is 0 Å². The summed E-state index contributed by atoms with van der Waals surface area (Å²) in [5, 5.41) is 2.53. The lowest BCUT2D eigenvalue weighted by Crippen LogP contribution is -2.25. The van der Waals surface area contributed by atoms with Crippen molar-refractivity contribution < 1.29 is 14.3 Å². The Hall–Kier alpha value is -1.84. The molecule has 0 spiro atoms. The zero-order valence-corrected chi connectivity index (χ0v) is 12.3. The number of amides is 1. The third-order valence-electron chi connectivity index (χ3n) is 3.04. The Bertz CT molecular complexity index is 426. The van der Waals surface area contributed by atoms with Crippen LogP contribution in [-0.4, -0.2) is 18.5 Å². The van der Waals surface area contributed by atoms with Gasteiger partial charge in [-0.25, -0.2) is 4.79 Å². The Balaban J connectivity index is 2.31. The van der Waals surface area contributed by atoms with E-state index >= 15 is 0 Å². The summed E-state index contributed by atoms with van der Waals surface area (Å²) >= 11 is 0. The molecule has 1 N–H and O–H groups in total. The molecular weight excluding hydrogens is 254 g/mol. The van der Waals surface area contributed by atoms with Gasteiger partial charge in [0.25, 0.3) is 0 Å². The first-order valence-electron chi connectivity index (χ1n) is 7.24. The molecule has 1 amide bonds. The summed E-state index contributed by atoms with van der Waals surface area (Å²) in [4.78, 5) is 23.1. The maximum atomic E-state index is 11.6. The van der Waals surface area contributed by atoms with Crippen molar-refractivity contribution in [2.75, 3.05) is 11.9 Å². The number of unbranched alkanes of at least 4 members (excludes halogenated alkanes) is 3. The summed E-state index contributed by atoms with van der Waals surface area (Å²) in [6, 6.07) is 7.41. The van der Waals surface area contributed by atoms with Crippen LogP contribution < -0.4 is 5.32 Å². The van der Waals surface area contributed by atoms with Crippen LogP contribution in [0.1, 0.15) is 45.1 Å². The number of nitrogens with one attached hydrogen (secondary N) is 1. The minimum Gasteiger partial charge on any atom is -0.459 e. The van der Waals surface area contributed by atoms with E-state index in [1.54, 1.807) is 12.1 Å². The minimum atomic E-state index is -0.818. The first kappa shape index (κ1) is 16.2. The molecule has 0 aliphatic carbocycles. The third kappa shape index (κ3) is 5.87. The molecule has 0 bridgehead atoms. The molecule has 0 heterocycles. The minimum absolute atomic E-state index is 0.307. The number of hydrogen-bond donors (Lipinski definition) is 1. The summed E-state index contributed by atoms with van der Waals surface area (Å²) in [7, 11) is 0. The van der Waals surface area contributed by atoms with Crippen molar-refractivity contribution in [1.82, 2.24) is 0 Å². The SMILES string of the molecule is CCCCCCOC(=O)C(=O)Nc1ccc(CC)cc1. The van der Waals surface area contributed by atoms with Gasteiger partial charge in [-0.2, -0.15) is 0 Å². The highest BCUT2D eigenvalue weighted by Gasteiger charge is 2.15. The van der Waals surface area contributed by atoms with E-state index in [-0.39, 0.29) is 0 Å². The fourth-order valence-electron chi connectivity index (χ4n) is 1.77. The van der Waals surface area contributed by atoms with Crippen LogP contribution in [0, 0.1) is 0 Å². The topological polar surface area (TPSA) is 55.4 Å². The summed E-state index contributed by atoms with van der Waals surface area (Å²) in [6.45, 7) is 4.48. The van der Waals surface area contributed by atoms with Crippen molar-refractivity contribution in [1.29, 1.82) is 0 Å². The van der Waals surface area contributed by atoms with Crippen molar-refractivity contribution >= 4 is 17.6 Å². The second-order valence-corrected chi connectivity index (χ2v) is 4.70. The number of anilines is 1. The standard InChI is InChI=1S/C16H23NO3/c1-3-5-6-7-12-20-16(19)15(18)17-14-10-8-13(4-2)9-11-14/h8-11H,3-7,12H2,1-2H3,(H,17,18). The predicted octanol–water partition coefficient (Wildman–Crippen LogP) is 3.31. The van der Waals surface area contributed by atoms with E-state index in [4.69, 9.17) is 4.74 Å². The summed E-state index contributed by atoms with van der Waals surface area (Å²) < 4.78 is 4.92. The lowest BCUT2D eigenvalue weighted by atomic mass is 10.1. The lowest BCUT2D eigenvalue weighted by molar-refractivity contribution is -0.152. The van der Waals surface area contributed by atoms with Crippen molar-refractivity contribution in [2.45, 2.75) is 46.0 Å². The number of ether oxygens (including phenoxy) is 1. The fourth-order valence-corrected chi connectivity index (χ4v) is 1.77. The van der Waals surface area contributed by atoms with Gasteiger partial charge >= 0.3 is 11.9 Å². The van der Waals surface area contributed by atoms with Gasteiger partial charge in [-0.1, -0.05) is 45.2 Å². The number of hydrogen-bond acceptors (Lipinski definition) is 3. The highest BCUT2D eigenvalue weighted by Crippen LogP contribution is 2.10. The molecule has 0 aliphatic rings. The summed E-state index contributed by atoms with van der Waals surface area (Å²) in [5.74, 6) is -1.54. The average Bonchev–Trinajstić information content (AvgIpc) is 2.47. The predicted molar refractivity (Wildman–Crippen MR) is 79.6 cm³/mol. The zero-order chi connectivity index (χ0) is 14.8. The summed E-state index contributed by atoms with van der Waals surface area (Å²) in [5.41, 5.74) is 1.79. The van der Waals surface area contributed by atoms with Crippen molar-refractivity contribution in [2.24, 2.45) is 0 Å². The van der Waals surface area contributed by atoms with E-state index < -0.39 is 11.9 Å². The Labute approximate surface area is 120 Å². The van der Waals surface area contributed by atoms with Gasteiger partial charge in [0.2, 0.25) is 0 Å². The van der Waals surface area contributed by atoms with Gasteiger partial charge in [-0.05, 0) is 30.5 Å². The van der Waals surface area contributed by atoms with E-state index in [1.165, 1.54) is 5.56 Å². The van der Waals surface area contributed by atoms with Gasteiger partial charge in [0, 0.05) is 5.69 Å². The molecule has 0 unspecified atom stereocenters. The molecule has 0 atom stereocenters. The van der Waals surface area contributed by atoms with Crippen LogP contribution in [0.3, 0.4) is 0 Å². The van der Waals surface area contributed by atoms with Crippen molar-refractivity contribution in [3.05, 3.63) is 29.8 Å². The monoisotopic (exact) mass is 277 g/mol. The summed E-state index contributed by atoms with van der Waals surface area (Å²) in [6.07, 6.45) is 5.01. The van der Waals surface area contributed by atoms with Gasteiger partial charge in [-0.3, -0.25) is 4.79 Å². The van der Waals surface area contributed by atoms with E-state index in [0.717, 1.165) is 32.1 Å². The first-order valence-corrected chi connectivity index (χ1v) is 7.24. The Morgan fingerprint density at radius 3 is 2.35 bits per heavy atom. The lowest BCUT2D eigenvalue weighted by Gasteiger charge is -2.06. The number of rotatable bonds is 7. The van der Waals surface area contributed by atoms with Gasteiger partial charge < -0.3 is 10.1 Å². The third-order valence-corrected chi connectivity index (χ3v) is 3.04. The molecule has 1 aromatic rings. The van der Waals surface area contributed by atoms with E-state index in [2.05, 4.69) is 19.2 Å². The molecule has 110 valence electrons. The zero-order valence-electron chi connectivity index (χ0n) is 12.3. The van der Waals surface area contributed by atoms with Gasteiger partial charge in [0.15, 0.2) is 0 Å². The van der Waals surface area contributed by atoms with Crippen LogP contribution in [0.5, 0.6) is 0 Å². The number of aryl methyl sites for hydroxylation is 1. The maximum absolute atomic E-state index is 11.6. The van der Waals surface area contributed by atoms with Crippen LogP contribution in [0.25, 0.3) is 0 Å². The molecule has 4 nitrogen and oxygen atoms in total. The number of carbonyl (C=O) groups is 2.